The lowest BCUT2D eigenvalue weighted by Gasteiger charge is -2.36. The molecule has 0 N–H and O–H groups in total. The van der Waals surface area contributed by atoms with Gasteiger partial charge in [0.05, 0.1) is 10.8 Å². The average Bonchev–Trinajstić information content (AvgIpc) is 2.61. The largest absolute Gasteiger partial charge is 0.464 e. The highest BCUT2D eigenvalue weighted by Crippen LogP contribution is 2.40. The minimum absolute atomic E-state index is 0.288. The average molecular weight is 392 g/mol. The number of hydrogen-bond acceptors (Lipinski definition) is 5. The summed E-state index contributed by atoms with van der Waals surface area (Å²) < 4.78 is 11.3. The smallest absolute Gasteiger partial charge is 0.312 e. The monoisotopic (exact) mass is 391 g/mol. The number of hydrogen-bond donors (Lipinski definition) is 0. The molecule has 0 saturated carbocycles. The van der Waals surface area contributed by atoms with Gasteiger partial charge in [-0.3, -0.25) is 9.59 Å². The molecule has 0 aliphatic carbocycles. The zero-order chi connectivity index (χ0) is 21.6. The number of likely N-dealkylation sites (N-methyl/N-ethyl adjacent to an activating group) is 1. The van der Waals surface area contributed by atoms with Gasteiger partial charge >= 0.3 is 11.9 Å². The second-order valence-corrected chi connectivity index (χ2v) is 9.18. The van der Waals surface area contributed by atoms with Gasteiger partial charge in [-0.2, -0.15) is 0 Å². The Hall–Kier alpha value is -1.88. The fraction of sp³-hybridized carbons (Fsp3) is 0.652. The second kappa shape index (κ2) is 9.55. The van der Waals surface area contributed by atoms with E-state index in [2.05, 4.69) is 0 Å². The Morgan fingerprint density at radius 1 is 0.964 bits per heavy atom. The standard InChI is InChI=1S/C23H37NO4/c1-9-23(6,17-21(2,3)19(25)27-16-15-24(7)8)20(26)28-22(4,5)18-13-11-10-12-14-18/h10-14H,9,15-17H2,1-8H3. The number of esters is 2. The molecular formula is C23H37NO4. The topological polar surface area (TPSA) is 55.8 Å². The van der Waals surface area contributed by atoms with Crippen LogP contribution in [0.25, 0.3) is 0 Å². The first-order valence-electron chi connectivity index (χ1n) is 9.95. The third-order valence-corrected chi connectivity index (χ3v) is 5.25. The van der Waals surface area contributed by atoms with E-state index in [1.807, 2.05) is 90.9 Å². The van der Waals surface area contributed by atoms with Crippen LogP contribution in [-0.4, -0.2) is 44.1 Å². The highest BCUT2D eigenvalue weighted by molar-refractivity contribution is 5.80. The van der Waals surface area contributed by atoms with Crippen molar-refractivity contribution in [2.75, 3.05) is 27.2 Å². The van der Waals surface area contributed by atoms with Crippen molar-refractivity contribution in [2.24, 2.45) is 10.8 Å². The molecule has 0 heterocycles. The fourth-order valence-electron chi connectivity index (χ4n) is 3.16. The Bertz CT molecular complexity index is 652. The molecule has 0 saturated heterocycles. The Balaban J connectivity index is 2.87. The van der Waals surface area contributed by atoms with Gasteiger partial charge in [-0.1, -0.05) is 37.3 Å². The maximum absolute atomic E-state index is 13.1. The molecule has 0 bridgehead atoms. The number of benzene rings is 1. The van der Waals surface area contributed by atoms with Gasteiger partial charge in [-0.15, -0.1) is 0 Å². The summed E-state index contributed by atoms with van der Waals surface area (Å²) in [6, 6.07) is 9.68. The summed E-state index contributed by atoms with van der Waals surface area (Å²) in [4.78, 5) is 27.6. The molecule has 28 heavy (non-hydrogen) atoms. The zero-order valence-corrected chi connectivity index (χ0v) is 18.8. The first-order valence-corrected chi connectivity index (χ1v) is 9.95. The molecule has 158 valence electrons. The van der Waals surface area contributed by atoms with E-state index in [1.54, 1.807) is 0 Å². The number of carbonyl (C=O) groups is 2. The van der Waals surface area contributed by atoms with Crippen LogP contribution in [0, 0.1) is 10.8 Å². The summed E-state index contributed by atoms with van der Waals surface area (Å²) >= 11 is 0. The molecule has 0 aliphatic rings. The summed E-state index contributed by atoms with van der Waals surface area (Å²) in [5.74, 6) is -0.581. The molecule has 1 aromatic rings. The summed E-state index contributed by atoms with van der Waals surface area (Å²) in [5, 5.41) is 0. The minimum atomic E-state index is -0.785. The van der Waals surface area contributed by atoms with E-state index in [0.717, 1.165) is 5.56 Å². The molecule has 0 amide bonds. The van der Waals surface area contributed by atoms with Crippen molar-refractivity contribution in [3.05, 3.63) is 35.9 Å². The molecule has 0 aromatic heterocycles. The van der Waals surface area contributed by atoms with Gasteiger partial charge in [0.1, 0.15) is 12.2 Å². The fourth-order valence-corrected chi connectivity index (χ4v) is 3.16. The molecule has 0 fully saturated rings. The van der Waals surface area contributed by atoms with E-state index in [1.165, 1.54) is 0 Å². The van der Waals surface area contributed by atoms with Gasteiger partial charge in [0.15, 0.2) is 0 Å². The van der Waals surface area contributed by atoms with E-state index in [-0.39, 0.29) is 11.9 Å². The van der Waals surface area contributed by atoms with Gasteiger partial charge in [0, 0.05) is 6.54 Å². The van der Waals surface area contributed by atoms with Gasteiger partial charge in [0.25, 0.3) is 0 Å². The van der Waals surface area contributed by atoms with Crippen LogP contribution in [0.1, 0.15) is 59.9 Å². The molecule has 5 heteroatoms. The highest BCUT2D eigenvalue weighted by atomic mass is 16.6. The van der Waals surface area contributed by atoms with Crippen LogP contribution in [0.4, 0.5) is 0 Å². The van der Waals surface area contributed by atoms with Gasteiger partial charge < -0.3 is 14.4 Å². The lowest BCUT2D eigenvalue weighted by Crippen LogP contribution is -2.41. The number of ether oxygens (including phenoxy) is 2. The molecule has 1 aromatic carbocycles. The first kappa shape index (κ1) is 24.2. The predicted octanol–water partition coefficient (Wildman–Crippen LogP) is 4.40. The molecule has 0 radical (unpaired) electrons. The van der Waals surface area contributed by atoms with Crippen molar-refractivity contribution < 1.29 is 19.1 Å². The Morgan fingerprint density at radius 3 is 2.04 bits per heavy atom. The summed E-state index contributed by atoms with van der Waals surface area (Å²) in [7, 11) is 3.86. The number of carbonyl (C=O) groups excluding carboxylic acids is 2. The maximum atomic E-state index is 13.1. The lowest BCUT2D eigenvalue weighted by atomic mass is 9.72. The molecule has 0 aliphatic heterocycles. The molecule has 1 rings (SSSR count). The molecule has 1 unspecified atom stereocenters. The lowest BCUT2D eigenvalue weighted by molar-refractivity contribution is -0.174. The van der Waals surface area contributed by atoms with Gasteiger partial charge in [-0.25, -0.2) is 0 Å². The van der Waals surface area contributed by atoms with Crippen molar-refractivity contribution in [3.63, 3.8) is 0 Å². The van der Waals surface area contributed by atoms with Crippen molar-refractivity contribution in [1.82, 2.24) is 4.90 Å². The summed E-state index contributed by atoms with van der Waals surface area (Å²) in [5.41, 5.74) is -1.38. The van der Waals surface area contributed by atoms with E-state index in [0.29, 0.717) is 26.0 Å². The van der Waals surface area contributed by atoms with Crippen LogP contribution >= 0.6 is 0 Å². The van der Waals surface area contributed by atoms with Crippen LogP contribution in [0.15, 0.2) is 30.3 Å². The quantitative estimate of drug-likeness (QED) is 0.553. The van der Waals surface area contributed by atoms with Gasteiger partial charge in [-0.05, 0) is 67.1 Å². The Kier molecular flexibility index (Phi) is 8.24. The predicted molar refractivity (Wildman–Crippen MR) is 112 cm³/mol. The first-order chi connectivity index (χ1) is 12.8. The minimum Gasteiger partial charge on any atom is -0.464 e. The number of rotatable bonds is 10. The van der Waals surface area contributed by atoms with Crippen molar-refractivity contribution in [3.8, 4) is 0 Å². The van der Waals surface area contributed by atoms with E-state index in [4.69, 9.17) is 9.47 Å². The van der Waals surface area contributed by atoms with Crippen LogP contribution in [0.2, 0.25) is 0 Å². The molecular weight excluding hydrogens is 354 g/mol. The normalized spacial score (nSPS) is 14.5. The second-order valence-electron chi connectivity index (χ2n) is 9.18. The third kappa shape index (κ3) is 6.62. The van der Waals surface area contributed by atoms with Crippen molar-refractivity contribution >= 4 is 11.9 Å². The van der Waals surface area contributed by atoms with Crippen LogP contribution in [0.5, 0.6) is 0 Å². The van der Waals surface area contributed by atoms with E-state index in [9.17, 15) is 9.59 Å². The Labute approximate surface area is 170 Å². The Morgan fingerprint density at radius 2 is 1.54 bits per heavy atom. The van der Waals surface area contributed by atoms with Crippen LogP contribution < -0.4 is 0 Å². The summed E-state index contributed by atoms with van der Waals surface area (Å²) in [6.07, 6.45) is 0.937. The van der Waals surface area contributed by atoms with Crippen LogP contribution in [-0.2, 0) is 24.7 Å². The van der Waals surface area contributed by atoms with E-state index >= 15 is 0 Å². The molecule has 1 atom stereocenters. The summed E-state index contributed by atoms with van der Waals surface area (Å²) in [6.45, 7) is 12.2. The maximum Gasteiger partial charge on any atom is 0.312 e. The van der Waals surface area contributed by atoms with Gasteiger partial charge in [0.2, 0.25) is 0 Å². The zero-order valence-electron chi connectivity index (χ0n) is 18.8. The molecule has 5 nitrogen and oxygen atoms in total. The highest BCUT2D eigenvalue weighted by Gasteiger charge is 2.44. The van der Waals surface area contributed by atoms with Crippen LogP contribution in [0.3, 0.4) is 0 Å². The molecule has 0 spiro atoms. The van der Waals surface area contributed by atoms with E-state index < -0.39 is 16.4 Å². The van der Waals surface area contributed by atoms with Crippen molar-refractivity contribution in [1.29, 1.82) is 0 Å². The SMILES string of the molecule is CCC(C)(CC(C)(C)C(=O)OCCN(C)C)C(=O)OC(C)(C)c1ccccc1. The third-order valence-electron chi connectivity index (χ3n) is 5.25. The number of nitrogens with zero attached hydrogens (tertiary/aromatic N) is 1. The van der Waals surface area contributed by atoms with Crippen molar-refractivity contribution in [2.45, 2.75) is 60.0 Å².